The smallest absolute Gasteiger partial charge is 0.229 e. The van der Waals surface area contributed by atoms with Crippen molar-refractivity contribution < 1.29 is 4.79 Å². The molecule has 1 aromatic rings. The van der Waals surface area contributed by atoms with E-state index < -0.39 is 0 Å². The Morgan fingerprint density at radius 2 is 2.40 bits per heavy atom. The van der Waals surface area contributed by atoms with Gasteiger partial charge in [0.2, 0.25) is 5.91 Å². The zero-order chi connectivity index (χ0) is 11.4. The summed E-state index contributed by atoms with van der Waals surface area (Å²) >= 11 is 4.67. The van der Waals surface area contributed by atoms with Gasteiger partial charge in [-0.2, -0.15) is 0 Å². The third-order valence-electron chi connectivity index (χ3n) is 2.05. The molecule has 0 bridgehead atoms. The van der Waals surface area contributed by atoms with Gasteiger partial charge in [-0.25, -0.2) is 4.98 Å². The summed E-state index contributed by atoms with van der Waals surface area (Å²) in [5.74, 6) is 0.735. The molecule has 0 saturated carbocycles. The maximum absolute atomic E-state index is 11.5. The Morgan fingerprint density at radius 1 is 1.73 bits per heavy atom. The summed E-state index contributed by atoms with van der Waals surface area (Å²) in [6.45, 7) is 0.463. The Labute approximate surface area is 93.9 Å². The molecule has 0 spiro atoms. The van der Waals surface area contributed by atoms with E-state index in [1.54, 1.807) is 18.1 Å². The van der Waals surface area contributed by atoms with Gasteiger partial charge in [0.1, 0.15) is 5.82 Å². The monoisotopic (exact) mass is 226 g/mol. The lowest BCUT2D eigenvalue weighted by Crippen LogP contribution is -2.30. The Bertz CT molecular complexity index is 374. The van der Waals surface area contributed by atoms with Crippen LogP contribution < -0.4 is 5.73 Å². The van der Waals surface area contributed by atoms with Crippen molar-refractivity contribution >= 4 is 23.1 Å². The maximum Gasteiger partial charge on any atom is 0.229 e. The molecule has 0 aliphatic heterocycles. The molecule has 0 aromatic carbocycles. The highest BCUT2D eigenvalue weighted by molar-refractivity contribution is 7.80. The second-order valence-electron chi connectivity index (χ2n) is 3.35. The summed E-state index contributed by atoms with van der Waals surface area (Å²) < 4.78 is 1.87. The number of carbonyl (C=O) groups excluding carboxylic acids is 1. The van der Waals surface area contributed by atoms with Crippen LogP contribution in [0.5, 0.6) is 0 Å². The topological polar surface area (TPSA) is 64.2 Å². The molecule has 1 amide bonds. The van der Waals surface area contributed by atoms with Gasteiger partial charge in [-0.3, -0.25) is 4.79 Å². The number of amides is 1. The minimum atomic E-state index is -0.0921. The molecule has 0 radical (unpaired) electrons. The molecular weight excluding hydrogens is 212 g/mol. The van der Waals surface area contributed by atoms with E-state index in [1.807, 2.05) is 17.8 Å². The zero-order valence-electron chi connectivity index (χ0n) is 8.80. The van der Waals surface area contributed by atoms with Gasteiger partial charge in [0, 0.05) is 26.5 Å². The first-order valence-electron chi connectivity index (χ1n) is 4.49. The number of aryl methyl sites for hydroxylation is 1. The lowest BCUT2D eigenvalue weighted by atomic mass is 10.3. The molecule has 0 aliphatic carbocycles. The van der Waals surface area contributed by atoms with E-state index >= 15 is 0 Å². The molecule has 1 aromatic heterocycles. The van der Waals surface area contributed by atoms with Crippen LogP contribution >= 0.6 is 12.2 Å². The van der Waals surface area contributed by atoms with Gasteiger partial charge in [0.25, 0.3) is 0 Å². The normalized spacial score (nSPS) is 10.0. The SMILES string of the molecule is CN(Cc1nccn1C)C(=O)CC(N)=S. The molecule has 2 N–H and O–H groups in total. The van der Waals surface area contributed by atoms with Gasteiger partial charge in [0.05, 0.1) is 18.0 Å². The minimum Gasteiger partial charge on any atom is -0.393 e. The third-order valence-corrected chi connectivity index (χ3v) is 2.20. The van der Waals surface area contributed by atoms with Gasteiger partial charge < -0.3 is 15.2 Å². The van der Waals surface area contributed by atoms with Crippen LogP contribution in [0.25, 0.3) is 0 Å². The van der Waals surface area contributed by atoms with Crippen molar-refractivity contribution in [2.24, 2.45) is 12.8 Å². The number of nitrogens with two attached hydrogens (primary N) is 1. The molecule has 0 fully saturated rings. The summed E-state index contributed by atoms with van der Waals surface area (Å²) in [5.41, 5.74) is 5.30. The maximum atomic E-state index is 11.5. The van der Waals surface area contributed by atoms with Crippen molar-refractivity contribution in [1.82, 2.24) is 14.5 Å². The number of rotatable bonds is 4. The average molecular weight is 226 g/mol. The summed E-state index contributed by atoms with van der Waals surface area (Å²) in [7, 11) is 3.59. The lowest BCUT2D eigenvalue weighted by Gasteiger charge is -2.16. The molecule has 5 nitrogen and oxygen atoms in total. The summed E-state index contributed by atoms with van der Waals surface area (Å²) in [4.78, 5) is 17.4. The largest absolute Gasteiger partial charge is 0.393 e. The van der Waals surface area contributed by atoms with E-state index in [0.29, 0.717) is 6.54 Å². The van der Waals surface area contributed by atoms with Crippen molar-refractivity contribution in [3.63, 3.8) is 0 Å². The van der Waals surface area contributed by atoms with Gasteiger partial charge in [-0.05, 0) is 0 Å². The molecule has 1 rings (SSSR count). The van der Waals surface area contributed by atoms with Gasteiger partial charge in [-0.1, -0.05) is 12.2 Å². The highest BCUT2D eigenvalue weighted by Gasteiger charge is 2.11. The third kappa shape index (κ3) is 3.32. The van der Waals surface area contributed by atoms with Gasteiger partial charge in [0.15, 0.2) is 0 Å². The van der Waals surface area contributed by atoms with Crippen molar-refractivity contribution in [3.05, 3.63) is 18.2 Å². The van der Waals surface area contributed by atoms with Gasteiger partial charge >= 0.3 is 0 Å². The highest BCUT2D eigenvalue weighted by atomic mass is 32.1. The number of thiocarbonyl (C=S) groups is 1. The summed E-state index contributed by atoms with van der Waals surface area (Å²) in [6, 6.07) is 0. The standard InChI is InChI=1S/C9H14N4OS/c1-12-4-3-11-8(12)6-13(2)9(14)5-7(10)15/h3-4H,5-6H2,1-2H3,(H2,10,15). The second kappa shape index (κ2) is 4.88. The first-order valence-corrected chi connectivity index (χ1v) is 4.90. The fourth-order valence-electron chi connectivity index (χ4n) is 1.13. The van der Waals surface area contributed by atoms with E-state index in [-0.39, 0.29) is 17.3 Å². The van der Waals surface area contributed by atoms with Crippen LogP contribution in [-0.4, -0.2) is 32.4 Å². The predicted octanol–water partition coefficient (Wildman–Crippen LogP) is 0.0547. The Morgan fingerprint density at radius 3 is 2.87 bits per heavy atom. The minimum absolute atomic E-state index is 0.0921. The Kier molecular flexibility index (Phi) is 3.79. The van der Waals surface area contributed by atoms with Crippen molar-refractivity contribution in [1.29, 1.82) is 0 Å². The van der Waals surface area contributed by atoms with Gasteiger partial charge in [-0.15, -0.1) is 0 Å². The van der Waals surface area contributed by atoms with Crippen molar-refractivity contribution in [3.8, 4) is 0 Å². The fraction of sp³-hybridized carbons (Fsp3) is 0.444. The highest BCUT2D eigenvalue weighted by Crippen LogP contribution is 2.01. The van der Waals surface area contributed by atoms with E-state index in [0.717, 1.165) is 5.82 Å². The Balaban J connectivity index is 2.56. The van der Waals surface area contributed by atoms with Crippen LogP contribution in [0.2, 0.25) is 0 Å². The molecule has 0 atom stereocenters. The average Bonchev–Trinajstić information content (AvgIpc) is 2.50. The van der Waals surface area contributed by atoms with E-state index in [4.69, 9.17) is 5.73 Å². The molecule has 0 unspecified atom stereocenters. The molecule has 6 heteroatoms. The molecule has 1 heterocycles. The van der Waals surface area contributed by atoms with Crippen LogP contribution in [0.4, 0.5) is 0 Å². The zero-order valence-corrected chi connectivity index (χ0v) is 9.62. The first kappa shape index (κ1) is 11.6. The first-order chi connectivity index (χ1) is 7.00. The molecule has 82 valence electrons. The molecular formula is C9H14N4OS. The molecule has 15 heavy (non-hydrogen) atoms. The van der Waals surface area contributed by atoms with Crippen molar-refractivity contribution in [2.75, 3.05) is 7.05 Å². The van der Waals surface area contributed by atoms with E-state index in [2.05, 4.69) is 17.2 Å². The summed E-state index contributed by atoms with van der Waals surface area (Å²) in [6.07, 6.45) is 3.64. The van der Waals surface area contributed by atoms with Crippen LogP contribution in [0, 0.1) is 0 Å². The second-order valence-corrected chi connectivity index (χ2v) is 3.87. The number of hydrogen-bond donors (Lipinski definition) is 1. The number of imidazole rings is 1. The van der Waals surface area contributed by atoms with Crippen LogP contribution in [0.15, 0.2) is 12.4 Å². The fourth-order valence-corrected chi connectivity index (χ4v) is 1.26. The number of hydrogen-bond acceptors (Lipinski definition) is 3. The molecule has 0 aliphatic rings. The quantitative estimate of drug-likeness (QED) is 0.737. The summed E-state index contributed by atoms with van der Waals surface area (Å²) in [5, 5.41) is 0. The number of carbonyl (C=O) groups is 1. The van der Waals surface area contributed by atoms with E-state index in [9.17, 15) is 4.79 Å². The lowest BCUT2D eigenvalue weighted by molar-refractivity contribution is -0.129. The molecule has 0 saturated heterocycles. The number of nitrogens with zero attached hydrogens (tertiary/aromatic N) is 3. The Hall–Kier alpha value is -1.43. The van der Waals surface area contributed by atoms with Crippen LogP contribution in [0.3, 0.4) is 0 Å². The van der Waals surface area contributed by atoms with Crippen LogP contribution in [-0.2, 0) is 18.4 Å². The predicted molar refractivity (Wildman–Crippen MR) is 61.1 cm³/mol. The van der Waals surface area contributed by atoms with Crippen LogP contribution in [0.1, 0.15) is 12.2 Å². The number of aromatic nitrogens is 2. The van der Waals surface area contributed by atoms with E-state index in [1.165, 1.54) is 0 Å². The van der Waals surface area contributed by atoms with Crippen molar-refractivity contribution in [2.45, 2.75) is 13.0 Å².